The molecule has 0 spiro atoms. The number of aliphatic imine (C=N–C) groups is 1. The molecule has 0 aromatic heterocycles. The summed E-state index contributed by atoms with van der Waals surface area (Å²) >= 11 is 19.7. The van der Waals surface area contributed by atoms with E-state index in [0.29, 0.717) is 22.4 Å². The number of amidine groups is 1. The first-order valence-electron chi connectivity index (χ1n) is 11.2. The Morgan fingerprint density at radius 3 is 2.11 bits per heavy atom. The maximum atomic E-state index is 13.4. The fraction of sp³-hybridized carbons (Fsp3) is 0.192. The van der Waals surface area contributed by atoms with Crippen LogP contribution in [0.4, 0.5) is 16.2 Å². The van der Waals surface area contributed by atoms with Crippen LogP contribution < -0.4 is 13.9 Å². The van der Waals surface area contributed by atoms with Crippen LogP contribution in [0, 0.1) is 6.92 Å². The van der Waals surface area contributed by atoms with Crippen molar-refractivity contribution >= 4 is 74.1 Å². The van der Waals surface area contributed by atoms with Crippen molar-refractivity contribution in [3.05, 3.63) is 90.0 Å². The number of halogens is 3. The Bertz CT molecular complexity index is 1380. The molecule has 3 aromatic carbocycles. The molecule has 0 saturated heterocycles. The van der Waals surface area contributed by atoms with E-state index in [-0.39, 0.29) is 0 Å². The highest BCUT2D eigenvalue weighted by molar-refractivity contribution is 8.17. The predicted molar refractivity (Wildman–Crippen MR) is 153 cm³/mol. The molecule has 2 aliphatic rings. The van der Waals surface area contributed by atoms with E-state index < -0.39 is 26.9 Å². The lowest BCUT2D eigenvalue weighted by atomic mass is 10.2. The molecule has 2 heterocycles. The maximum absolute atomic E-state index is 13.4. The lowest BCUT2D eigenvalue weighted by Crippen LogP contribution is -2.53. The quantitative estimate of drug-likeness (QED) is 0.254. The molecule has 1 unspecified atom stereocenters. The number of aryl methyl sites for hydroxylation is 1. The van der Waals surface area contributed by atoms with Crippen molar-refractivity contribution in [1.82, 2.24) is 4.31 Å². The van der Waals surface area contributed by atoms with Crippen LogP contribution in [-0.2, 0) is 4.74 Å². The Labute approximate surface area is 232 Å². The smallest absolute Gasteiger partial charge is 0.422 e. The first kappa shape index (κ1) is 25.7. The van der Waals surface area contributed by atoms with Crippen LogP contribution in [0.3, 0.4) is 0 Å². The molecule has 2 aliphatic heterocycles. The number of anilines is 2. The Balaban J connectivity index is 1.77. The van der Waals surface area contributed by atoms with Crippen molar-refractivity contribution in [1.29, 1.82) is 0 Å². The molecule has 5 rings (SSSR count). The average molecular weight is 578 g/mol. The molecule has 0 bridgehead atoms. The fourth-order valence-electron chi connectivity index (χ4n) is 4.17. The second-order valence-electron chi connectivity index (χ2n) is 8.26. The number of hydrogen-bond donors (Lipinski definition) is 0. The van der Waals surface area contributed by atoms with E-state index in [4.69, 9.17) is 49.3 Å². The SMILES string of the molecule is COC(=O)N1[C@@H](C(Cl)(Cl)Cl)N(c2ccc(OC)cc2)C2=S1N(c1ccc(C)cc1)C(c1ccccc1)=N2. The lowest BCUT2D eigenvalue weighted by molar-refractivity contribution is 0.144. The summed E-state index contributed by atoms with van der Waals surface area (Å²) in [4.78, 5) is 20.2. The van der Waals surface area contributed by atoms with Crippen LogP contribution in [0.25, 0.3) is 0 Å². The first-order chi connectivity index (χ1) is 17.7. The van der Waals surface area contributed by atoms with Crippen molar-refractivity contribution in [2.45, 2.75) is 16.9 Å². The van der Waals surface area contributed by atoms with Gasteiger partial charge in [-0.05, 0) is 43.3 Å². The summed E-state index contributed by atoms with van der Waals surface area (Å²) < 4.78 is 12.1. The molecule has 192 valence electrons. The van der Waals surface area contributed by atoms with Crippen LogP contribution in [0.15, 0.2) is 83.9 Å². The van der Waals surface area contributed by atoms with Gasteiger partial charge in [-0.15, -0.1) is 0 Å². The number of ether oxygens (including phenoxy) is 2. The summed E-state index contributed by atoms with van der Waals surface area (Å²) in [5.41, 5.74) is 3.49. The molecule has 2 atom stereocenters. The number of carbonyl (C=O) groups excluding carboxylic acids is 1. The van der Waals surface area contributed by atoms with Gasteiger partial charge >= 0.3 is 6.09 Å². The third-order valence-electron chi connectivity index (χ3n) is 5.89. The van der Waals surface area contributed by atoms with E-state index in [0.717, 1.165) is 16.8 Å². The Hall–Kier alpha value is -2.91. The van der Waals surface area contributed by atoms with E-state index in [1.807, 2.05) is 78.0 Å². The summed E-state index contributed by atoms with van der Waals surface area (Å²) in [6.45, 7) is 2.01. The molecule has 0 saturated carbocycles. The number of hydrogen-bond acceptors (Lipinski definition) is 6. The second kappa shape index (κ2) is 10.1. The molecule has 37 heavy (non-hydrogen) atoms. The minimum atomic E-state index is -1.90. The monoisotopic (exact) mass is 576 g/mol. The highest BCUT2D eigenvalue weighted by Gasteiger charge is 2.56. The van der Waals surface area contributed by atoms with Gasteiger partial charge in [-0.25, -0.2) is 14.1 Å². The van der Waals surface area contributed by atoms with E-state index in [1.54, 1.807) is 24.1 Å². The van der Waals surface area contributed by atoms with Crippen LogP contribution in [0.5, 0.6) is 5.75 Å². The van der Waals surface area contributed by atoms with Crippen molar-refractivity contribution in [3.63, 3.8) is 0 Å². The van der Waals surface area contributed by atoms with Crippen molar-refractivity contribution < 1.29 is 14.3 Å². The molecule has 11 heteroatoms. The number of alkyl halides is 3. The summed E-state index contributed by atoms with van der Waals surface area (Å²) in [5, 5.41) is 0.548. The third-order valence-corrected chi connectivity index (χ3v) is 8.54. The van der Waals surface area contributed by atoms with E-state index >= 15 is 0 Å². The Morgan fingerprint density at radius 2 is 1.54 bits per heavy atom. The normalized spacial score (nSPS) is 19.1. The average Bonchev–Trinajstić information content (AvgIpc) is 3.44. The van der Waals surface area contributed by atoms with Gasteiger partial charge in [0.15, 0.2) is 12.0 Å². The minimum absolute atomic E-state index is 0.548. The standard InChI is InChI=1S/C26H23Cl3N4O3S/c1-17-9-11-20(12-10-17)32-22(18-7-5-4-6-8-18)30-24-31(19-13-15-21(35-2)16-14-19)23(26(27,28)29)33(37(24)32)25(34)36-3/h4-16,23H,1-3H3/t23-,37?/m0/s1. The lowest BCUT2D eigenvalue weighted by Gasteiger charge is -2.38. The molecule has 0 fully saturated rings. The third kappa shape index (κ3) is 4.63. The number of methoxy groups -OCH3 is 2. The van der Waals surface area contributed by atoms with Gasteiger partial charge in [-0.1, -0.05) is 82.8 Å². The molecule has 3 aromatic rings. The number of amides is 1. The molecule has 7 nitrogen and oxygen atoms in total. The Kier molecular flexibility index (Phi) is 7.02. The van der Waals surface area contributed by atoms with Crippen molar-refractivity contribution in [3.8, 4) is 5.75 Å². The molecular formula is C26H23Cl3N4O3S. The maximum Gasteiger partial charge on any atom is 0.422 e. The van der Waals surface area contributed by atoms with Gasteiger partial charge in [0.25, 0.3) is 0 Å². The molecule has 0 N–H and O–H groups in total. The van der Waals surface area contributed by atoms with Crippen molar-refractivity contribution in [2.24, 2.45) is 4.99 Å². The summed E-state index contributed by atoms with van der Waals surface area (Å²) in [5.74, 6) is 1.33. The Morgan fingerprint density at radius 1 is 0.919 bits per heavy atom. The number of carbonyl (C=O) groups is 1. The molecular weight excluding hydrogens is 555 g/mol. The molecule has 0 radical (unpaired) electrons. The number of nitrogens with zero attached hydrogens (tertiary/aromatic N) is 4. The van der Waals surface area contributed by atoms with Crippen LogP contribution in [0.2, 0.25) is 0 Å². The minimum Gasteiger partial charge on any atom is -0.497 e. The van der Waals surface area contributed by atoms with Gasteiger partial charge in [0.1, 0.15) is 5.75 Å². The molecule has 0 aliphatic carbocycles. The van der Waals surface area contributed by atoms with Crippen LogP contribution >= 0.6 is 45.7 Å². The van der Waals surface area contributed by atoms with Gasteiger partial charge in [0, 0.05) is 11.3 Å². The van der Waals surface area contributed by atoms with Gasteiger partial charge in [0.2, 0.25) is 8.90 Å². The predicted octanol–water partition coefficient (Wildman–Crippen LogP) is 6.74. The van der Waals surface area contributed by atoms with E-state index in [9.17, 15) is 4.79 Å². The van der Waals surface area contributed by atoms with Gasteiger partial charge in [0.05, 0.1) is 30.8 Å². The zero-order chi connectivity index (χ0) is 26.3. The highest BCUT2D eigenvalue weighted by Crippen LogP contribution is 2.52. The van der Waals surface area contributed by atoms with E-state index in [1.165, 1.54) is 11.4 Å². The van der Waals surface area contributed by atoms with Gasteiger partial charge < -0.3 is 9.47 Å². The first-order valence-corrected chi connectivity index (χ1v) is 13.5. The van der Waals surface area contributed by atoms with Gasteiger partial charge in [-0.2, -0.15) is 0 Å². The topological polar surface area (TPSA) is 57.6 Å². The van der Waals surface area contributed by atoms with Crippen molar-refractivity contribution in [2.75, 3.05) is 23.4 Å². The fourth-order valence-corrected chi connectivity index (χ4v) is 7.28. The second-order valence-corrected chi connectivity index (χ2v) is 12.3. The summed E-state index contributed by atoms with van der Waals surface area (Å²) in [6.07, 6.45) is -1.68. The molecule has 1 amide bonds. The highest BCUT2D eigenvalue weighted by atomic mass is 35.6. The number of rotatable bonds is 4. The zero-order valence-corrected chi connectivity index (χ0v) is 23.2. The van der Waals surface area contributed by atoms with E-state index in [2.05, 4.69) is 0 Å². The number of benzene rings is 3. The van der Waals surface area contributed by atoms with Crippen LogP contribution in [0.1, 0.15) is 11.1 Å². The zero-order valence-electron chi connectivity index (χ0n) is 20.1. The van der Waals surface area contributed by atoms with Gasteiger partial charge in [-0.3, -0.25) is 9.21 Å². The largest absolute Gasteiger partial charge is 0.497 e. The van der Waals surface area contributed by atoms with Crippen LogP contribution in [-0.4, -0.2) is 45.5 Å². The summed E-state index contributed by atoms with van der Waals surface area (Å²) in [6, 6.07) is 25.0. The summed E-state index contributed by atoms with van der Waals surface area (Å²) in [7, 11) is 1.77.